The van der Waals surface area contributed by atoms with E-state index in [2.05, 4.69) is 43.4 Å². The molecule has 0 unspecified atom stereocenters. The molecule has 27 heavy (non-hydrogen) atoms. The van der Waals surface area contributed by atoms with E-state index in [1.165, 1.54) is 5.56 Å². The van der Waals surface area contributed by atoms with Crippen LogP contribution in [0.2, 0.25) is 0 Å². The van der Waals surface area contributed by atoms with Gasteiger partial charge in [0.15, 0.2) is 0 Å². The number of carbonyl (C=O) groups excluding carboxylic acids is 1. The molecule has 3 aromatic carbocycles. The van der Waals surface area contributed by atoms with Crippen LogP contribution in [0.5, 0.6) is 0 Å². The number of hydrogen-bond donors (Lipinski definition) is 1. The molecule has 3 nitrogen and oxygen atoms in total. The molecule has 0 bridgehead atoms. The fraction of sp³-hybridized carbons (Fsp3) is 0.167. The lowest BCUT2D eigenvalue weighted by Gasteiger charge is -2.16. The van der Waals surface area contributed by atoms with Gasteiger partial charge in [-0.05, 0) is 43.0 Å². The number of hydrogen-bond acceptors (Lipinski definition) is 2. The summed E-state index contributed by atoms with van der Waals surface area (Å²) in [6.45, 7) is 6.19. The Kier molecular flexibility index (Phi) is 5.82. The fourth-order valence-electron chi connectivity index (χ4n) is 3.41. The smallest absolute Gasteiger partial charge is 0.252 e. The molecule has 0 saturated heterocycles. The first-order chi connectivity index (χ1) is 13.1. The van der Waals surface area contributed by atoms with Crippen LogP contribution >= 0.6 is 0 Å². The molecular formula is C24H24N2O. The summed E-state index contributed by atoms with van der Waals surface area (Å²) in [5.41, 5.74) is 9.17. The number of carbonyl (C=O) groups is 1. The van der Waals surface area contributed by atoms with Gasteiger partial charge >= 0.3 is 0 Å². The molecule has 0 aliphatic rings. The standard InChI is InChI=1S/C24H24N2O/c1-17-14-18(2)22(19(3)15-17)16-25-26-24(27)23(20-10-6-4-7-11-20)21-12-8-5-9-13-21/h4-16,23H,1-3H3,(H,26,27). The molecule has 0 fully saturated rings. The molecule has 3 rings (SSSR count). The molecule has 3 heteroatoms. The van der Waals surface area contributed by atoms with E-state index in [4.69, 9.17) is 0 Å². The van der Waals surface area contributed by atoms with Gasteiger partial charge in [-0.2, -0.15) is 5.10 Å². The zero-order chi connectivity index (χ0) is 19.2. The van der Waals surface area contributed by atoms with Crippen molar-refractivity contribution in [2.45, 2.75) is 26.7 Å². The van der Waals surface area contributed by atoms with E-state index in [0.717, 1.165) is 27.8 Å². The van der Waals surface area contributed by atoms with Crippen molar-refractivity contribution in [1.29, 1.82) is 0 Å². The Morgan fingerprint density at radius 2 is 1.33 bits per heavy atom. The lowest BCUT2D eigenvalue weighted by atomic mass is 9.91. The second-order valence-corrected chi connectivity index (χ2v) is 6.80. The lowest BCUT2D eigenvalue weighted by Crippen LogP contribution is -2.26. The molecule has 0 heterocycles. The van der Waals surface area contributed by atoms with Crippen LogP contribution in [-0.4, -0.2) is 12.1 Å². The molecular weight excluding hydrogens is 332 g/mol. The van der Waals surface area contributed by atoms with E-state index in [0.29, 0.717) is 0 Å². The average molecular weight is 356 g/mol. The van der Waals surface area contributed by atoms with Gasteiger partial charge in [0.05, 0.1) is 12.1 Å². The number of amides is 1. The highest BCUT2D eigenvalue weighted by Gasteiger charge is 2.22. The summed E-state index contributed by atoms with van der Waals surface area (Å²) in [5.74, 6) is -0.546. The first kappa shape index (κ1) is 18.6. The summed E-state index contributed by atoms with van der Waals surface area (Å²) in [5, 5.41) is 4.24. The van der Waals surface area contributed by atoms with Gasteiger partial charge in [0, 0.05) is 5.56 Å². The quantitative estimate of drug-likeness (QED) is 0.513. The maximum atomic E-state index is 12.9. The van der Waals surface area contributed by atoms with Gasteiger partial charge in [-0.25, -0.2) is 5.43 Å². The Hall–Kier alpha value is -3.20. The molecule has 0 spiro atoms. The van der Waals surface area contributed by atoms with E-state index in [1.54, 1.807) is 6.21 Å². The van der Waals surface area contributed by atoms with Gasteiger partial charge in [-0.3, -0.25) is 4.79 Å². The molecule has 0 radical (unpaired) electrons. The summed E-state index contributed by atoms with van der Waals surface area (Å²) >= 11 is 0. The summed E-state index contributed by atoms with van der Waals surface area (Å²) in [6.07, 6.45) is 1.73. The van der Waals surface area contributed by atoms with E-state index in [-0.39, 0.29) is 5.91 Å². The van der Waals surface area contributed by atoms with Crippen LogP contribution in [0.1, 0.15) is 39.3 Å². The number of hydrazone groups is 1. The maximum absolute atomic E-state index is 12.9. The Labute approximate surface area is 160 Å². The molecule has 0 atom stereocenters. The highest BCUT2D eigenvalue weighted by molar-refractivity contribution is 5.89. The van der Waals surface area contributed by atoms with Gasteiger partial charge < -0.3 is 0 Å². The Morgan fingerprint density at radius 3 is 1.81 bits per heavy atom. The average Bonchev–Trinajstić information content (AvgIpc) is 2.66. The highest BCUT2D eigenvalue weighted by atomic mass is 16.2. The van der Waals surface area contributed by atoms with E-state index in [9.17, 15) is 4.79 Å². The van der Waals surface area contributed by atoms with Crippen LogP contribution in [0.15, 0.2) is 77.9 Å². The minimum atomic E-state index is -0.398. The number of aryl methyl sites for hydroxylation is 3. The van der Waals surface area contributed by atoms with Crippen LogP contribution in [0.3, 0.4) is 0 Å². The SMILES string of the molecule is Cc1cc(C)c(C=NNC(=O)C(c2ccccc2)c2ccccc2)c(C)c1. The van der Waals surface area contributed by atoms with Crippen molar-refractivity contribution in [3.05, 3.63) is 106 Å². The van der Waals surface area contributed by atoms with Crippen molar-refractivity contribution in [1.82, 2.24) is 5.43 Å². The zero-order valence-corrected chi connectivity index (χ0v) is 15.9. The third-order valence-electron chi connectivity index (χ3n) is 4.63. The van der Waals surface area contributed by atoms with Gasteiger partial charge in [0.1, 0.15) is 0 Å². The van der Waals surface area contributed by atoms with Crippen molar-refractivity contribution in [3.63, 3.8) is 0 Å². The van der Waals surface area contributed by atoms with Crippen LogP contribution < -0.4 is 5.43 Å². The molecule has 1 N–H and O–H groups in total. The van der Waals surface area contributed by atoms with Crippen molar-refractivity contribution in [3.8, 4) is 0 Å². The fourth-order valence-corrected chi connectivity index (χ4v) is 3.41. The largest absolute Gasteiger partial charge is 0.272 e. The van der Waals surface area contributed by atoms with E-state index in [1.807, 2.05) is 60.7 Å². The third kappa shape index (κ3) is 4.50. The minimum Gasteiger partial charge on any atom is -0.272 e. The second kappa shape index (κ2) is 8.45. The predicted octanol–water partition coefficient (Wildman–Crippen LogP) is 4.89. The number of benzene rings is 3. The van der Waals surface area contributed by atoms with Gasteiger partial charge in [0.25, 0.3) is 5.91 Å². The summed E-state index contributed by atoms with van der Waals surface area (Å²) in [4.78, 5) is 12.9. The van der Waals surface area contributed by atoms with Gasteiger partial charge in [-0.15, -0.1) is 0 Å². The zero-order valence-electron chi connectivity index (χ0n) is 15.9. The van der Waals surface area contributed by atoms with Gasteiger partial charge in [0.2, 0.25) is 0 Å². The topological polar surface area (TPSA) is 41.5 Å². The monoisotopic (exact) mass is 356 g/mol. The number of nitrogens with one attached hydrogen (secondary N) is 1. The van der Waals surface area contributed by atoms with Crippen molar-refractivity contribution >= 4 is 12.1 Å². The first-order valence-electron chi connectivity index (χ1n) is 9.07. The van der Waals surface area contributed by atoms with Crippen LogP contribution in [0.25, 0.3) is 0 Å². The maximum Gasteiger partial charge on any atom is 0.252 e. The van der Waals surface area contributed by atoms with Gasteiger partial charge in [-0.1, -0.05) is 78.4 Å². The molecule has 3 aromatic rings. The van der Waals surface area contributed by atoms with Crippen LogP contribution in [0, 0.1) is 20.8 Å². The Morgan fingerprint density at radius 1 is 0.852 bits per heavy atom. The number of rotatable bonds is 5. The molecule has 0 aliphatic carbocycles. The number of nitrogens with zero attached hydrogens (tertiary/aromatic N) is 1. The second-order valence-electron chi connectivity index (χ2n) is 6.80. The van der Waals surface area contributed by atoms with E-state index >= 15 is 0 Å². The molecule has 136 valence electrons. The van der Waals surface area contributed by atoms with Crippen molar-refractivity contribution < 1.29 is 4.79 Å². The summed E-state index contributed by atoms with van der Waals surface area (Å²) in [7, 11) is 0. The summed E-state index contributed by atoms with van der Waals surface area (Å²) in [6, 6.07) is 23.8. The van der Waals surface area contributed by atoms with Crippen LogP contribution in [0.4, 0.5) is 0 Å². The molecule has 0 saturated carbocycles. The Bertz CT molecular complexity index is 884. The predicted molar refractivity (Wildman–Crippen MR) is 111 cm³/mol. The van der Waals surface area contributed by atoms with E-state index < -0.39 is 5.92 Å². The molecule has 1 amide bonds. The Balaban J connectivity index is 1.84. The third-order valence-corrected chi connectivity index (χ3v) is 4.63. The highest BCUT2D eigenvalue weighted by Crippen LogP contribution is 2.24. The summed E-state index contributed by atoms with van der Waals surface area (Å²) < 4.78 is 0. The first-order valence-corrected chi connectivity index (χ1v) is 9.07. The molecule has 0 aliphatic heterocycles. The lowest BCUT2D eigenvalue weighted by molar-refractivity contribution is -0.121. The molecule has 0 aromatic heterocycles. The minimum absolute atomic E-state index is 0.147. The normalized spacial score (nSPS) is 11.1. The van der Waals surface area contributed by atoms with Crippen molar-refractivity contribution in [2.75, 3.05) is 0 Å². The van der Waals surface area contributed by atoms with Crippen LogP contribution in [-0.2, 0) is 4.79 Å². The van der Waals surface area contributed by atoms with Crippen molar-refractivity contribution in [2.24, 2.45) is 5.10 Å².